The minimum Gasteiger partial charge on any atom is -0.457 e. The molecule has 0 aliphatic carbocycles. The van der Waals surface area contributed by atoms with Gasteiger partial charge in [0.15, 0.2) is 0 Å². The molecule has 0 aliphatic heterocycles. The molecule has 0 heterocycles. The second kappa shape index (κ2) is 6.97. The van der Waals surface area contributed by atoms with Gasteiger partial charge in [0.2, 0.25) is 0 Å². The minimum absolute atomic E-state index is 0.182. The third-order valence-electron chi connectivity index (χ3n) is 3.38. The first kappa shape index (κ1) is 19.7. The predicted molar refractivity (Wildman–Crippen MR) is 81.4 cm³/mol. The van der Waals surface area contributed by atoms with E-state index in [-0.39, 0.29) is 5.75 Å². The number of ether oxygens (including phenoxy) is 1. The van der Waals surface area contributed by atoms with Crippen LogP contribution in [0.3, 0.4) is 0 Å². The molecule has 0 saturated carbocycles. The van der Waals surface area contributed by atoms with Gasteiger partial charge in [0, 0.05) is 12.6 Å². The average molecular weight is 379 g/mol. The van der Waals surface area contributed by atoms with Crippen LogP contribution in [0.2, 0.25) is 0 Å². The first-order valence-corrected chi connectivity index (χ1v) is 7.13. The zero-order valence-corrected chi connectivity index (χ0v) is 13.2. The summed E-state index contributed by atoms with van der Waals surface area (Å²) in [7, 11) is 0.712. The van der Waals surface area contributed by atoms with Crippen molar-refractivity contribution in [2.45, 2.75) is 18.0 Å². The fourth-order valence-corrected chi connectivity index (χ4v) is 2.08. The lowest BCUT2D eigenvalue weighted by Crippen LogP contribution is -2.56. The highest BCUT2D eigenvalue weighted by Gasteiger charge is 2.74. The predicted octanol–water partition coefficient (Wildman–Crippen LogP) is 5.73. The molecule has 0 fully saturated rings. The number of rotatable bonds is 5. The maximum Gasteiger partial charge on any atom is 0.460 e. The van der Waals surface area contributed by atoms with E-state index in [0.29, 0.717) is 12.8 Å². The van der Waals surface area contributed by atoms with Gasteiger partial charge in [-0.1, -0.05) is 18.2 Å². The van der Waals surface area contributed by atoms with Gasteiger partial charge in [-0.15, -0.1) is 0 Å². The molecule has 0 atom stereocenters. The molecule has 26 heavy (non-hydrogen) atoms. The Kier molecular flexibility index (Phi) is 5.29. The number of aliphatic imine (C=N–C) groups is 1. The molecule has 2 aromatic carbocycles. The first-order valence-electron chi connectivity index (χ1n) is 7.13. The van der Waals surface area contributed by atoms with Crippen molar-refractivity contribution in [3.8, 4) is 11.5 Å². The SMILES string of the molecule is CN=C(c1ccc(Oc2ccccc2)cc1)C(F)(F)C(F)(F)C(F)(F)F. The summed E-state index contributed by atoms with van der Waals surface area (Å²) in [6.07, 6.45) is -6.43. The number of benzene rings is 2. The Bertz CT molecular complexity index is 768. The normalized spacial score (nSPS) is 13.6. The Morgan fingerprint density at radius 2 is 1.27 bits per heavy atom. The highest BCUT2D eigenvalue weighted by Crippen LogP contribution is 2.48. The van der Waals surface area contributed by atoms with Crippen molar-refractivity contribution in [3.05, 3.63) is 60.2 Å². The van der Waals surface area contributed by atoms with Gasteiger partial charge in [-0.2, -0.15) is 30.7 Å². The van der Waals surface area contributed by atoms with E-state index in [2.05, 4.69) is 4.99 Å². The average Bonchev–Trinajstić information content (AvgIpc) is 2.56. The Morgan fingerprint density at radius 1 is 0.769 bits per heavy atom. The maximum atomic E-state index is 13.9. The van der Waals surface area contributed by atoms with Crippen molar-refractivity contribution >= 4 is 5.71 Å². The molecule has 2 nitrogen and oxygen atoms in total. The lowest BCUT2D eigenvalue weighted by Gasteiger charge is -2.29. The number of hydrogen-bond donors (Lipinski definition) is 0. The van der Waals surface area contributed by atoms with Crippen molar-refractivity contribution < 1.29 is 35.5 Å². The number of alkyl halides is 7. The van der Waals surface area contributed by atoms with E-state index in [9.17, 15) is 30.7 Å². The van der Waals surface area contributed by atoms with Crippen molar-refractivity contribution in [1.29, 1.82) is 0 Å². The van der Waals surface area contributed by atoms with Gasteiger partial charge in [-0.05, 0) is 36.4 Å². The summed E-state index contributed by atoms with van der Waals surface area (Å²) >= 11 is 0. The molecule has 0 saturated heterocycles. The van der Waals surface area contributed by atoms with Crippen molar-refractivity contribution in [1.82, 2.24) is 0 Å². The molecule has 0 unspecified atom stereocenters. The summed E-state index contributed by atoms with van der Waals surface area (Å²) in [6, 6.07) is 12.5. The summed E-state index contributed by atoms with van der Waals surface area (Å²) < 4.78 is 96.6. The molecule has 2 rings (SSSR count). The second-order valence-corrected chi connectivity index (χ2v) is 5.16. The first-order chi connectivity index (χ1) is 12.0. The molecule has 9 heteroatoms. The summed E-state index contributed by atoms with van der Waals surface area (Å²) in [5.74, 6) is -11.2. The molecule has 0 bridgehead atoms. The molecule has 140 valence electrons. The molecular weight excluding hydrogens is 367 g/mol. The van der Waals surface area contributed by atoms with E-state index in [1.54, 1.807) is 30.3 Å². The fourth-order valence-electron chi connectivity index (χ4n) is 2.08. The topological polar surface area (TPSA) is 21.6 Å². The van der Waals surface area contributed by atoms with Crippen LogP contribution in [-0.2, 0) is 0 Å². The second-order valence-electron chi connectivity index (χ2n) is 5.16. The maximum absolute atomic E-state index is 13.9. The Balaban J connectivity index is 2.31. The van der Waals surface area contributed by atoms with Crippen LogP contribution in [0.25, 0.3) is 0 Å². The molecule has 0 N–H and O–H groups in total. The van der Waals surface area contributed by atoms with Gasteiger partial charge in [0.05, 0.1) is 0 Å². The lowest BCUT2D eigenvalue weighted by atomic mass is 9.98. The third-order valence-corrected chi connectivity index (χ3v) is 3.38. The van der Waals surface area contributed by atoms with E-state index < -0.39 is 29.3 Å². The summed E-state index contributed by atoms with van der Waals surface area (Å²) in [5, 5.41) is 0. The Labute approximate surface area is 143 Å². The summed E-state index contributed by atoms with van der Waals surface area (Å²) in [6.45, 7) is 0. The van der Waals surface area contributed by atoms with Crippen LogP contribution in [0.5, 0.6) is 11.5 Å². The largest absolute Gasteiger partial charge is 0.460 e. The van der Waals surface area contributed by atoms with Gasteiger partial charge in [-0.25, -0.2) is 0 Å². The lowest BCUT2D eigenvalue weighted by molar-refractivity contribution is -0.336. The smallest absolute Gasteiger partial charge is 0.457 e. The van der Waals surface area contributed by atoms with Crippen LogP contribution in [-0.4, -0.2) is 30.8 Å². The fraction of sp³-hybridized carbons (Fsp3) is 0.235. The molecule has 0 spiro atoms. The molecule has 0 aliphatic rings. The zero-order valence-electron chi connectivity index (χ0n) is 13.2. The molecule has 0 aromatic heterocycles. The van der Waals surface area contributed by atoms with Gasteiger partial charge in [-0.3, -0.25) is 4.99 Å². The highest BCUT2D eigenvalue weighted by molar-refractivity contribution is 6.06. The minimum atomic E-state index is -6.43. The summed E-state index contributed by atoms with van der Waals surface area (Å²) in [4.78, 5) is 2.97. The van der Waals surface area contributed by atoms with E-state index in [4.69, 9.17) is 4.74 Å². The molecular formula is C17H12F7NO. The van der Waals surface area contributed by atoms with E-state index in [1.807, 2.05) is 0 Å². The molecule has 0 amide bonds. The standard InChI is InChI=1S/C17H12F7NO/c1-25-14(15(18,19)16(20,21)17(22,23)24)11-7-9-13(10-8-11)26-12-5-3-2-4-6-12/h2-10H,1H3. The number of para-hydroxylation sites is 1. The van der Waals surface area contributed by atoms with Crippen LogP contribution in [0, 0.1) is 0 Å². The zero-order chi connectivity index (χ0) is 19.6. The van der Waals surface area contributed by atoms with Crippen molar-refractivity contribution in [2.75, 3.05) is 7.05 Å². The van der Waals surface area contributed by atoms with E-state index >= 15 is 0 Å². The van der Waals surface area contributed by atoms with E-state index in [0.717, 1.165) is 24.3 Å². The quantitative estimate of drug-likeness (QED) is 0.480. The van der Waals surface area contributed by atoms with E-state index in [1.165, 1.54) is 0 Å². The van der Waals surface area contributed by atoms with Crippen molar-refractivity contribution in [3.63, 3.8) is 0 Å². The Hall–Kier alpha value is -2.58. The highest BCUT2D eigenvalue weighted by atomic mass is 19.4. The number of halogens is 7. The van der Waals surface area contributed by atoms with Crippen LogP contribution in [0.1, 0.15) is 5.56 Å². The summed E-state index contributed by atoms with van der Waals surface area (Å²) in [5.41, 5.74) is -2.26. The van der Waals surface area contributed by atoms with Crippen molar-refractivity contribution in [2.24, 2.45) is 4.99 Å². The Morgan fingerprint density at radius 3 is 1.73 bits per heavy atom. The van der Waals surface area contributed by atoms with Gasteiger partial charge < -0.3 is 4.74 Å². The molecule has 0 radical (unpaired) electrons. The monoisotopic (exact) mass is 379 g/mol. The van der Waals surface area contributed by atoms with Crippen LogP contribution in [0.15, 0.2) is 59.6 Å². The van der Waals surface area contributed by atoms with Gasteiger partial charge in [0.1, 0.15) is 17.2 Å². The third kappa shape index (κ3) is 3.66. The number of nitrogens with zero attached hydrogens (tertiary/aromatic N) is 1. The van der Waals surface area contributed by atoms with Crippen LogP contribution < -0.4 is 4.74 Å². The molecule has 2 aromatic rings. The van der Waals surface area contributed by atoms with Crippen LogP contribution >= 0.6 is 0 Å². The van der Waals surface area contributed by atoms with Gasteiger partial charge in [0.25, 0.3) is 0 Å². The van der Waals surface area contributed by atoms with Crippen LogP contribution in [0.4, 0.5) is 30.7 Å². The van der Waals surface area contributed by atoms with Gasteiger partial charge >= 0.3 is 18.0 Å². The number of hydrogen-bond acceptors (Lipinski definition) is 2.